The van der Waals surface area contributed by atoms with Crippen molar-refractivity contribution in [2.75, 3.05) is 38.6 Å². The third-order valence-corrected chi connectivity index (χ3v) is 6.33. The molecule has 0 unspecified atom stereocenters. The van der Waals surface area contributed by atoms with E-state index >= 15 is 0 Å². The van der Waals surface area contributed by atoms with Crippen molar-refractivity contribution in [3.8, 4) is 21.8 Å². The molecule has 0 spiro atoms. The summed E-state index contributed by atoms with van der Waals surface area (Å²) in [5, 5.41) is 1.76. The molecular formula is C21H24ClN5OS. The molecule has 1 aliphatic rings. The van der Waals surface area contributed by atoms with Gasteiger partial charge in [-0.05, 0) is 37.9 Å². The van der Waals surface area contributed by atoms with E-state index in [1.54, 1.807) is 11.3 Å². The van der Waals surface area contributed by atoms with Gasteiger partial charge in [-0.3, -0.25) is 4.90 Å². The Bertz CT molecular complexity index is 958. The monoisotopic (exact) mass is 429 g/mol. The van der Waals surface area contributed by atoms with E-state index in [0.29, 0.717) is 5.02 Å². The summed E-state index contributed by atoms with van der Waals surface area (Å²) >= 11 is 7.98. The number of nitrogens with two attached hydrogens (primary N) is 1. The first-order chi connectivity index (χ1) is 14.2. The summed E-state index contributed by atoms with van der Waals surface area (Å²) in [5.41, 5.74) is 8.31. The number of unbranched alkanes of at least 4 members (excludes halogenated alkanes) is 1. The average molecular weight is 430 g/mol. The number of halogens is 1. The van der Waals surface area contributed by atoms with Gasteiger partial charge >= 0.3 is 0 Å². The molecule has 3 aromatic rings. The summed E-state index contributed by atoms with van der Waals surface area (Å²) in [6.07, 6.45) is 5.15. The Labute approximate surface area is 179 Å². The molecule has 29 heavy (non-hydrogen) atoms. The lowest BCUT2D eigenvalue weighted by atomic mass is 10.1. The van der Waals surface area contributed by atoms with Crippen LogP contribution in [0, 0.1) is 0 Å². The van der Waals surface area contributed by atoms with Gasteiger partial charge in [0.25, 0.3) is 0 Å². The number of hydrogen-bond acceptors (Lipinski definition) is 7. The first kappa shape index (κ1) is 20.2. The van der Waals surface area contributed by atoms with Crippen LogP contribution in [-0.2, 0) is 11.2 Å². The van der Waals surface area contributed by atoms with Crippen LogP contribution >= 0.6 is 22.9 Å². The fourth-order valence-corrected chi connectivity index (χ4v) is 4.53. The third-order valence-electron chi connectivity index (χ3n) is 4.92. The number of ether oxygens (including phenoxy) is 1. The summed E-state index contributed by atoms with van der Waals surface area (Å²) in [7, 11) is 0. The highest BCUT2D eigenvalue weighted by atomic mass is 35.5. The number of morpholine rings is 1. The quantitative estimate of drug-likeness (QED) is 0.568. The second-order valence-corrected chi connectivity index (χ2v) is 8.53. The van der Waals surface area contributed by atoms with Crippen LogP contribution in [0.2, 0.25) is 5.02 Å². The maximum atomic E-state index is 6.32. The van der Waals surface area contributed by atoms with E-state index in [9.17, 15) is 0 Å². The minimum atomic E-state index is 0.234. The van der Waals surface area contributed by atoms with Gasteiger partial charge in [0.2, 0.25) is 5.95 Å². The Morgan fingerprint density at radius 2 is 1.90 bits per heavy atom. The topological polar surface area (TPSA) is 77.2 Å². The van der Waals surface area contributed by atoms with Crippen molar-refractivity contribution in [3.63, 3.8) is 0 Å². The molecule has 0 aliphatic carbocycles. The molecule has 0 radical (unpaired) electrons. The van der Waals surface area contributed by atoms with E-state index in [2.05, 4.69) is 19.9 Å². The zero-order valence-electron chi connectivity index (χ0n) is 16.2. The fraction of sp³-hybridized carbons (Fsp3) is 0.381. The number of hydrogen-bond donors (Lipinski definition) is 1. The van der Waals surface area contributed by atoms with Gasteiger partial charge in [-0.25, -0.2) is 15.0 Å². The third kappa shape index (κ3) is 5.30. The van der Waals surface area contributed by atoms with E-state index < -0.39 is 0 Å². The molecule has 8 heteroatoms. The second kappa shape index (κ2) is 9.63. The van der Waals surface area contributed by atoms with Crippen molar-refractivity contribution in [2.24, 2.45) is 0 Å². The van der Waals surface area contributed by atoms with Crippen LogP contribution in [0.1, 0.15) is 17.8 Å². The van der Waals surface area contributed by atoms with Crippen molar-refractivity contribution >= 4 is 28.9 Å². The van der Waals surface area contributed by atoms with Crippen molar-refractivity contribution in [2.45, 2.75) is 19.3 Å². The van der Waals surface area contributed by atoms with E-state index in [-0.39, 0.29) is 5.95 Å². The number of nitrogens with zero attached hydrogens (tertiary/aromatic N) is 4. The molecule has 3 heterocycles. The van der Waals surface area contributed by atoms with Gasteiger partial charge in [0.15, 0.2) is 0 Å². The Balaban J connectivity index is 1.40. The van der Waals surface area contributed by atoms with Crippen LogP contribution in [0.4, 0.5) is 5.95 Å². The Hall–Kier alpha value is -2.06. The molecule has 1 aliphatic heterocycles. The number of benzene rings is 1. The summed E-state index contributed by atoms with van der Waals surface area (Å²) in [6.45, 7) is 4.93. The zero-order valence-corrected chi connectivity index (χ0v) is 17.8. The first-order valence-corrected chi connectivity index (χ1v) is 11.0. The van der Waals surface area contributed by atoms with Crippen LogP contribution in [0.5, 0.6) is 0 Å². The Morgan fingerprint density at radius 3 is 2.72 bits per heavy atom. The lowest BCUT2D eigenvalue weighted by molar-refractivity contribution is 0.0372. The van der Waals surface area contributed by atoms with E-state index in [1.807, 2.05) is 36.5 Å². The summed E-state index contributed by atoms with van der Waals surface area (Å²) in [6, 6.07) is 9.52. The number of aromatic nitrogens is 3. The second-order valence-electron chi connectivity index (χ2n) is 7.01. The smallest absolute Gasteiger partial charge is 0.221 e. The zero-order chi connectivity index (χ0) is 20.1. The van der Waals surface area contributed by atoms with E-state index in [0.717, 1.165) is 72.5 Å². The van der Waals surface area contributed by atoms with Crippen LogP contribution in [-0.4, -0.2) is 52.7 Å². The molecular weight excluding hydrogens is 406 g/mol. The van der Waals surface area contributed by atoms with Gasteiger partial charge in [-0.15, -0.1) is 11.3 Å². The predicted molar refractivity (Wildman–Crippen MR) is 118 cm³/mol. The Morgan fingerprint density at radius 1 is 1.10 bits per heavy atom. The van der Waals surface area contributed by atoms with E-state index in [1.165, 1.54) is 6.42 Å². The SMILES string of the molecule is Nc1nc(-c2cnc(CCCCN3CCOCC3)s2)cc(-c2ccccc2Cl)n1. The molecule has 0 amide bonds. The summed E-state index contributed by atoms with van der Waals surface area (Å²) < 4.78 is 5.40. The Kier molecular flexibility index (Phi) is 6.71. The number of nitrogen functional groups attached to an aromatic ring is 1. The highest BCUT2D eigenvalue weighted by Crippen LogP contribution is 2.31. The summed E-state index contributed by atoms with van der Waals surface area (Å²) in [5.74, 6) is 0.234. The number of aryl methyl sites for hydroxylation is 1. The van der Waals surface area contributed by atoms with E-state index in [4.69, 9.17) is 22.1 Å². The van der Waals surface area contributed by atoms with Gasteiger partial charge in [0.05, 0.1) is 34.5 Å². The molecule has 2 N–H and O–H groups in total. The minimum absolute atomic E-state index is 0.234. The highest BCUT2D eigenvalue weighted by molar-refractivity contribution is 7.15. The van der Waals surface area contributed by atoms with Gasteiger partial charge in [-0.2, -0.15) is 0 Å². The van der Waals surface area contributed by atoms with Crippen molar-refractivity contribution in [1.29, 1.82) is 0 Å². The van der Waals surface area contributed by atoms with Crippen molar-refractivity contribution in [1.82, 2.24) is 19.9 Å². The normalized spacial score (nSPS) is 14.9. The van der Waals surface area contributed by atoms with Crippen LogP contribution in [0.15, 0.2) is 36.5 Å². The minimum Gasteiger partial charge on any atom is -0.379 e. The van der Waals surface area contributed by atoms with Gasteiger partial charge in [-0.1, -0.05) is 29.8 Å². The maximum absolute atomic E-state index is 6.32. The number of anilines is 1. The van der Waals surface area contributed by atoms with Crippen LogP contribution in [0.3, 0.4) is 0 Å². The van der Waals surface area contributed by atoms with Crippen molar-refractivity contribution in [3.05, 3.63) is 46.6 Å². The highest BCUT2D eigenvalue weighted by Gasteiger charge is 2.13. The number of thiazole rings is 1. The molecule has 4 rings (SSSR count). The summed E-state index contributed by atoms with van der Waals surface area (Å²) in [4.78, 5) is 16.8. The average Bonchev–Trinajstić information content (AvgIpc) is 3.21. The lowest BCUT2D eigenvalue weighted by Gasteiger charge is -2.26. The van der Waals surface area contributed by atoms with Gasteiger partial charge in [0, 0.05) is 29.9 Å². The molecule has 152 valence electrons. The molecule has 0 atom stereocenters. The first-order valence-electron chi connectivity index (χ1n) is 9.84. The maximum Gasteiger partial charge on any atom is 0.221 e. The van der Waals surface area contributed by atoms with Crippen LogP contribution in [0.25, 0.3) is 21.8 Å². The van der Waals surface area contributed by atoms with Crippen molar-refractivity contribution < 1.29 is 4.74 Å². The molecule has 2 aromatic heterocycles. The predicted octanol–water partition coefficient (Wildman–Crippen LogP) is 4.16. The molecule has 6 nitrogen and oxygen atoms in total. The van der Waals surface area contributed by atoms with Gasteiger partial charge in [0.1, 0.15) is 0 Å². The fourth-order valence-electron chi connectivity index (χ4n) is 3.38. The standard InChI is InChI=1S/C21H24ClN5OS/c22-16-6-2-1-5-15(16)17-13-18(26-21(23)25-17)19-14-24-20(29-19)7-3-4-8-27-9-11-28-12-10-27/h1-2,5-6,13-14H,3-4,7-12H2,(H2,23,25,26). The molecule has 0 bridgehead atoms. The molecule has 1 saturated heterocycles. The van der Waals surface area contributed by atoms with Gasteiger partial charge < -0.3 is 10.5 Å². The molecule has 1 fully saturated rings. The molecule has 0 saturated carbocycles. The molecule has 1 aromatic carbocycles. The lowest BCUT2D eigenvalue weighted by Crippen LogP contribution is -2.36. The van der Waals surface area contributed by atoms with Crippen LogP contribution < -0.4 is 5.73 Å². The largest absolute Gasteiger partial charge is 0.379 e. The number of rotatable bonds is 7.